The summed E-state index contributed by atoms with van der Waals surface area (Å²) in [7, 11) is 1.66. The Bertz CT molecular complexity index is 863. The van der Waals surface area contributed by atoms with Crippen molar-refractivity contribution >= 4 is 11.9 Å². The van der Waals surface area contributed by atoms with Gasteiger partial charge in [0, 0.05) is 38.2 Å². The number of benzene rings is 2. The highest BCUT2D eigenvalue weighted by Crippen LogP contribution is 2.27. The minimum Gasteiger partial charge on any atom is -0.348 e. The van der Waals surface area contributed by atoms with Gasteiger partial charge in [0.15, 0.2) is 0 Å². The fourth-order valence-electron chi connectivity index (χ4n) is 3.72. The summed E-state index contributed by atoms with van der Waals surface area (Å²) in [5.74, 6) is 0.192. The molecule has 0 aromatic heterocycles. The molecule has 1 aliphatic heterocycles. The van der Waals surface area contributed by atoms with Crippen LogP contribution < -0.4 is 10.6 Å². The van der Waals surface area contributed by atoms with Gasteiger partial charge in [-0.2, -0.15) is 0 Å². The summed E-state index contributed by atoms with van der Waals surface area (Å²) in [6, 6.07) is 14.0. The highest BCUT2D eigenvalue weighted by Gasteiger charge is 2.24. The van der Waals surface area contributed by atoms with Gasteiger partial charge in [0.1, 0.15) is 0 Å². The molecule has 0 unspecified atom stereocenters. The number of urea groups is 1. The van der Waals surface area contributed by atoms with E-state index < -0.39 is 0 Å². The van der Waals surface area contributed by atoms with Crippen molar-refractivity contribution < 1.29 is 9.59 Å². The van der Waals surface area contributed by atoms with Gasteiger partial charge < -0.3 is 15.5 Å². The van der Waals surface area contributed by atoms with Crippen molar-refractivity contribution in [3.63, 3.8) is 0 Å². The average molecular weight is 380 g/mol. The summed E-state index contributed by atoms with van der Waals surface area (Å²) in [5.41, 5.74) is 5.36. The van der Waals surface area contributed by atoms with Crippen LogP contribution in [0.3, 0.4) is 0 Å². The van der Waals surface area contributed by atoms with Gasteiger partial charge in [-0.1, -0.05) is 30.3 Å². The molecule has 0 aliphatic carbocycles. The molecule has 3 amide bonds. The van der Waals surface area contributed by atoms with Gasteiger partial charge in [-0.25, -0.2) is 4.79 Å². The Kier molecular flexibility index (Phi) is 6.34. The Morgan fingerprint density at radius 3 is 2.68 bits per heavy atom. The van der Waals surface area contributed by atoms with Gasteiger partial charge in [0.25, 0.3) is 5.91 Å². The topological polar surface area (TPSA) is 61.4 Å². The van der Waals surface area contributed by atoms with E-state index in [4.69, 9.17) is 0 Å². The molecule has 148 valence electrons. The first kappa shape index (κ1) is 19.9. The first-order chi connectivity index (χ1) is 13.5. The minimum absolute atomic E-state index is 0.0352. The van der Waals surface area contributed by atoms with Crippen molar-refractivity contribution in [3.8, 4) is 0 Å². The van der Waals surface area contributed by atoms with E-state index in [0.717, 1.165) is 30.5 Å². The molecule has 0 saturated carbocycles. The van der Waals surface area contributed by atoms with Gasteiger partial charge in [-0.3, -0.25) is 4.79 Å². The molecule has 1 atom stereocenters. The smallest absolute Gasteiger partial charge is 0.317 e. The van der Waals surface area contributed by atoms with E-state index in [0.29, 0.717) is 18.7 Å². The summed E-state index contributed by atoms with van der Waals surface area (Å²) >= 11 is 0. The maximum Gasteiger partial charge on any atom is 0.317 e. The lowest BCUT2D eigenvalue weighted by Gasteiger charge is -2.32. The summed E-state index contributed by atoms with van der Waals surface area (Å²) in [5, 5.41) is 5.71. The monoisotopic (exact) mass is 379 g/mol. The lowest BCUT2D eigenvalue weighted by atomic mass is 9.89. The lowest BCUT2D eigenvalue weighted by Crippen LogP contribution is -2.43. The molecule has 1 aliphatic rings. The summed E-state index contributed by atoms with van der Waals surface area (Å²) < 4.78 is 0. The maximum atomic E-state index is 12.6. The summed E-state index contributed by atoms with van der Waals surface area (Å²) in [6.07, 6.45) is 2.00. The van der Waals surface area contributed by atoms with Crippen LogP contribution in [0.25, 0.3) is 0 Å². The number of amides is 3. The van der Waals surface area contributed by atoms with Crippen LogP contribution in [0.4, 0.5) is 4.79 Å². The number of nitrogens with zero attached hydrogens (tertiary/aromatic N) is 1. The zero-order valence-electron chi connectivity index (χ0n) is 16.9. The molecule has 5 heteroatoms. The van der Waals surface area contributed by atoms with Crippen LogP contribution in [0.15, 0.2) is 42.5 Å². The highest BCUT2D eigenvalue weighted by molar-refractivity contribution is 5.94. The third-order valence-corrected chi connectivity index (χ3v) is 5.57. The number of hydrogen-bond donors (Lipinski definition) is 2. The van der Waals surface area contributed by atoms with Crippen LogP contribution in [-0.4, -0.2) is 37.0 Å². The molecular formula is C23H29N3O2. The van der Waals surface area contributed by atoms with Crippen LogP contribution in [-0.2, 0) is 6.54 Å². The molecular weight excluding hydrogens is 350 g/mol. The molecule has 0 spiro atoms. The predicted molar refractivity (Wildman–Crippen MR) is 112 cm³/mol. The fourth-order valence-corrected chi connectivity index (χ4v) is 3.72. The van der Waals surface area contributed by atoms with E-state index in [1.54, 1.807) is 7.05 Å². The SMILES string of the molecule is CNC(=O)N1CCC[C@H](c2cccc(C(=O)NCc3ccc(C)c(C)c3)c2)C1. The first-order valence-electron chi connectivity index (χ1n) is 9.89. The van der Waals surface area contributed by atoms with Crippen molar-refractivity contribution in [1.29, 1.82) is 0 Å². The Balaban J connectivity index is 1.65. The van der Waals surface area contributed by atoms with Crippen molar-refractivity contribution in [2.45, 2.75) is 39.2 Å². The van der Waals surface area contributed by atoms with E-state index >= 15 is 0 Å². The van der Waals surface area contributed by atoms with Crippen LogP contribution in [0.1, 0.15) is 51.4 Å². The quantitative estimate of drug-likeness (QED) is 0.850. The Labute approximate surface area is 167 Å². The summed E-state index contributed by atoms with van der Waals surface area (Å²) in [6.45, 7) is 6.15. The van der Waals surface area contributed by atoms with Crippen LogP contribution in [0.5, 0.6) is 0 Å². The Hall–Kier alpha value is -2.82. The minimum atomic E-state index is -0.0703. The number of likely N-dealkylation sites (tertiary alicyclic amines) is 1. The van der Waals surface area contributed by atoms with Crippen LogP contribution >= 0.6 is 0 Å². The van der Waals surface area contributed by atoms with Crippen molar-refractivity contribution in [2.75, 3.05) is 20.1 Å². The van der Waals surface area contributed by atoms with Crippen molar-refractivity contribution in [1.82, 2.24) is 15.5 Å². The Morgan fingerprint density at radius 1 is 1.11 bits per heavy atom. The molecule has 3 rings (SSSR count). The Morgan fingerprint density at radius 2 is 1.93 bits per heavy atom. The zero-order chi connectivity index (χ0) is 20.1. The highest BCUT2D eigenvalue weighted by atomic mass is 16.2. The fraction of sp³-hybridized carbons (Fsp3) is 0.391. The second-order valence-electron chi connectivity index (χ2n) is 7.57. The molecule has 28 heavy (non-hydrogen) atoms. The number of carbonyl (C=O) groups is 2. The molecule has 0 radical (unpaired) electrons. The standard InChI is InChI=1S/C23H29N3O2/c1-16-9-10-18(12-17(16)2)14-25-22(27)20-7-4-6-19(13-20)21-8-5-11-26(15-21)23(28)24-3/h4,6-7,9-10,12-13,21H,5,8,11,14-15H2,1-3H3,(H,24,28)(H,25,27)/t21-/m0/s1. The number of carbonyl (C=O) groups excluding carboxylic acids is 2. The van der Waals surface area contributed by atoms with Gasteiger partial charge >= 0.3 is 6.03 Å². The van der Waals surface area contributed by atoms with Crippen molar-refractivity contribution in [2.24, 2.45) is 0 Å². The van der Waals surface area contributed by atoms with E-state index in [1.807, 2.05) is 23.1 Å². The van der Waals surface area contributed by atoms with E-state index in [1.165, 1.54) is 11.1 Å². The van der Waals surface area contributed by atoms with Gasteiger partial charge in [0.05, 0.1) is 0 Å². The normalized spacial score (nSPS) is 16.5. The molecule has 0 bridgehead atoms. The first-order valence-corrected chi connectivity index (χ1v) is 9.89. The third kappa shape index (κ3) is 4.71. The molecule has 1 heterocycles. The largest absolute Gasteiger partial charge is 0.348 e. The number of rotatable bonds is 4. The predicted octanol–water partition coefficient (Wildman–Crippen LogP) is 3.75. The number of aryl methyl sites for hydroxylation is 2. The molecule has 5 nitrogen and oxygen atoms in total. The summed E-state index contributed by atoms with van der Waals surface area (Å²) in [4.78, 5) is 26.4. The molecule has 1 saturated heterocycles. The van der Waals surface area contributed by atoms with Crippen LogP contribution in [0.2, 0.25) is 0 Å². The molecule has 2 aromatic carbocycles. The van der Waals surface area contributed by atoms with Gasteiger partial charge in [0.2, 0.25) is 0 Å². The third-order valence-electron chi connectivity index (χ3n) is 5.57. The van der Waals surface area contributed by atoms with E-state index in [-0.39, 0.29) is 17.9 Å². The second kappa shape index (κ2) is 8.91. The van der Waals surface area contributed by atoms with E-state index in [2.05, 4.69) is 48.7 Å². The second-order valence-corrected chi connectivity index (χ2v) is 7.57. The zero-order valence-corrected chi connectivity index (χ0v) is 16.9. The molecule has 1 fully saturated rings. The molecule has 2 N–H and O–H groups in total. The van der Waals surface area contributed by atoms with Crippen molar-refractivity contribution in [3.05, 3.63) is 70.3 Å². The van der Waals surface area contributed by atoms with Gasteiger partial charge in [-0.15, -0.1) is 0 Å². The van der Waals surface area contributed by atoms with Crippen LogP contribution in [0, 0.1) is 13.8 Å². The number of piperidine rings is 1. The average Bonchev–Trinajstić information content (AvgIpc) is 2.74. The maximum absolute atomic E-state index is 12.6. The lowest BCUT2D eigenvalue weighted by molar-refractivity contribution is 0.0950. The number of nitrogens with one attached hydrogen (secondary N) is 2. The van der Waals surface area contributed by atoms with E-state index in [9.17, 15) is 9.59 Å². The van der Waals surface area contributed by atoms with Gasteiger partial charge in [-0.05, 0) is 61.1 Å². The number of hydrogen-bond acceptors (Lipinski definition) is 2. The molecule has 2 aromatic rings.